The summed E-state index contributed by atoms with van der Waals surface area (Å²) in [7, 11) is 1.43. The zero-order valence-corrected chi connectivity index (χ0v) is 29.7. The highest BCUT2D eigenvalue weighted by atomic mass is 16.2. The highest BCUT2D eigenvalue weighted by molar-refractivity contribution is 6.04. The van der Waals surface area contributed by atoms with E-state index in [1.165, 1.54) is 39.1 Å². The molecule has 6 atom stereocenters. The minimum Gasteiger partial charge on any atom is -0.354 e. The number of amides is 7. The van der Waals surface area contributed by atoms with E-state index in [-0.39, 0.29) is 34.8 Å². The standard InChI is InChI=1S/C33H55N7O7/c1-12-18(7)25(35-21(10)41)31(45)37-23(16-5)29(43)40-27(20(9)14-3)33(47)38-24(17-6)30(44)39-26(19(8)13-2)32(46)36-22(15-4)28(42)34-11/h15-20,25-27H,12-14H2,1-11H3,(H,34,42)(H,35,41)(H,36,46)(H,37,45)(H,38,47)(H,39,44)(H,40,43)/b22-15-,23-16-,24-17-/t18-,19-,20-,25-,26-,27-/m0/s1. The van der Waals surface area contributed by atoms with Crippen LogP contribution < -0.4 is 37.2 Å². The van der Waals surface area contributed by atoms with Gasteiger partial charge >= 0.3 is 0 Å². The Hall–Kier alpha value is -4.49. The highest BCUT2D eigenvalue weighted by Gasteiger charge is 2.32. The van der Waals surface area contributed by atoms with Crippen LogP contribution in [-0.2, 0) is 33.6 Å². The Labute approximate surface area is 278 Å². The second-order valence-corrected chi connectivity index (χ2v) is 11.4. The molecule has 0 radical (unpaired) electrons. The molecule has 0 fully saturated rings. The number of carbonyl (C=O) groups is 7. The van der Waals surface area contributed by atoms with Crippen LogP contribution in [0.5, 0.6) is 0 Å². The van der Waals surface area contributed by atoms with Crippen molar-refractivity contribution in [3.8, 4) is 0 Å². The summed E-state index contributed by atoms with van der Waals surface area (Å²) in [4.78, 5) is 90.0. The lowest BCUT2D eigenvalue weighted by Gasteiger charge is -2.27. The van der Waals surface area contributed by atoms with Gasteiger partial charge in [-0.25, -0.2) is 0 Å². The van der Waals surface area contributed by atoms with Crippen LogP contribution in [0.1, 0.15) is 88.5 Å². The molecule has 0 aromatic carbocycles. The largest absolute Gasteiger partial charge is 0.354 e. The molecular weight excluding hydrogens is 606 g/mol. The number of allylic oxidation sites excluding steroid dienone is 3. The quantitative estimate of drug-likeness (QED) is 0.108. The average Bonchev–Trinajstić information content (AvgIpc) is 3.06. The lowest BCUT2D eigenvalue weighted by molar-refractivity contribution is -0.131. The van der Waals surface area contributed by atoms with Crippen molar-refractivity contribution in [1.82, 2.24) is 37.2 Å². The Morgan fingerprint density at radius 2 is 0.787 bits per heavy atom. The molecule has 0 saturated carbocycles. The molecule has 0 aliphatic rings. The van der Waals surface area contributed by atoms with E-state index in [0.717, 1.165) is 0 Å². The molecule has 264 valence electrons. The lowest BCUT2D eigenvalue weighted by atomic mass is 9.97. The van der Waals surface area contributed by atoms with E-state index in [4.69, 9.17) is 0 Å². The number of carbonyl (C=O) groups excluding carboxylic acids is 7. The molecule has 0 aromatic heterocycles. The monoisotopic (exact) mass is 661 g/mol. The van der Waals surface area contributed by atoms with Crippen LogP contribution >= 0.6 is 0 Å². The Bertz CT molecular complexity index is 1240. The van der Waals surface area contributed by atoms with Gasteiger partial charge in [-0.2, -0.15) is 0 Å². The summed E-state index contributed by atoms with van der Waals surface area (Å²) in [5, 5.41) is 18.0. The molecule has 14 nitrogen and oxygen atoms in total. The van der Waals surface area contributed by atoms with E-state index >= 15 is 0 Å². The van der Waals surface area contributed by atoms with Crippen LogP contribution in [0.3, 0.4) is 0 Å². The first kappa shape index (κ1) is 42.5. The van der Waals surface area contributed by atoms with Gasteiger partial charge in [-0.15, -0.1) is 0 Å². The Balaban J connectivity index is 5.97. The Morgan fingerprint density at radius 3 is 1.02 bits per heavy atom. The van der Waals surface area contributed by atoms with Gasteiger partial charge in [0.1, 0.15) is 35.2 Å². The van der Waals surface area contributed by atoms with E-state index in [1.807, 2.05) is 20.8 Å². The second kappa shape index (κ2) is 21.3. The van der Waals surface area contributed by atoms with Crippen molar-refractivity contribution in [1.29, 1.82) is 0 Å². The molecule has 0 spiro atoms. The van der Waals surface area contributed by atoms with Gasteiger partial charge < -0.3 is 37.2 Å². The van der Waals surface area contributed by atoms with Crippen molar-refractivity contribution in [2.24, 2.45) is 17.8 Å². The van der Waals surface area contributed by atoms with Crippen LogP contribution in [0, 0.1) is 17.8 Å². The fourth-order valence-electron chi connectivity index (χ4n) is 4.31. The minimum atomic E-state index is -1.11. The lowest BCUT2D eigenvalue weighted by Crippen LogP contribution is -2.55. The van der Waals surface area contributed by atoms with E-state index in [1.54, 1.807) is 34.6 Å². The SMILES string of the molecule is C/C=C(\NC(=O)[C@@H](NC(C)=O)[C@@H](C)CC)C(=O)N[C@H](C(=O)N/C(=C\C)C(=O)N[C@H](C(=O)N/C(=C\C)C(=O)NC)[C@@H](C)CC)[C@@H](C)CC. The molecule has 7 amide bonds. The molecule has 14 heteroatoms. The number of hydrogen-bond acceptors (Lipinski definition) is 7. The molecule has 7 N–H and O–H groups in total. The molecule has 0 aromatic rings. The summed E-state index contributed by atoms with van der Waals surface area (Å²) < 4.78 is 0. The second-order valence-electron chi connectivity index (χ2n) is 11.4. The maximum absolute atomic E-state index is 13.5. The van der Waals surface area contributed by atoms with Gasteiger partial charge in [-0.05, 0) is 38.5 Å². The first-order chi connectivity index (χ1) is 22.1. The van der Waals surface area contributed by atoms with Gasteiger partial charge in [0.25, 0.3) is 17.7 Å². The third-order valence-corrected chi connectivity index (χ3v) is 8.02. The van der Waals surface area contributed by atoms with Gasteiger partial charge in [0.15, 0.2) is 0 Å². The normalized spacial score (nSPS) is 15.9. The fraction of sp³-hybridized carbons (Fsp3) is 0.606. The van der Waals surface area contributed by atoms with Crippen LogP contribution in [0.2, 0.25) is 0 Å². The van der Waals surface area contributed by atoms with Crippen LogP contribution in [0.15, 0.2) is 35.3 Å². The molecular formula is C33H55N7O7. The molecule has 0 aliphatic heterocycles. The highest BCUT2D eigenvalue weighted by Crippen LogP contribution is 2.13. The van der Waals surface area contributed by atoms with Crippen molar-refractivity contribution >= 4 is 41.4 Å². The fourth-order valence-corrected chi connectivity index (χ4v) is 4.31. The minimum absolute atomic E-state index is 0.0222. The number of hydrogen-bond donors (Lipinski definition) is 7. The average molecular weight is 662 g/mol. The summed E-state index contributed by atoms with van der Waals surface area (Å²) in [6.45, 7) is 16.8. The zero-order valence-electron chi connectivity index (χ0n) is 29.7. The van der Waals surface area contributed by atoms with Crippen molar-refractivity contribution < 1.29 is 33.6 Å². The molecule has 0 aliphatic carbocycles. The van der Waals surface area contributed by atoms with Gasteiger partial charge in [0.05, 0.1) is 0 Å². The van der Waals surface area contributed by atoms with E-state index in [2.05, 4.69) is 37.2 Å². The molecule has 0 heterocycles. The Kier molecular flexibility index (Phi) is 19.3. The van der Waals surface area contributed by atoms with Gasteiger partial charge in [0.2, 0.25) is 23.6 Å². The van der Waals surface area contributed by atoms with E-state index in [9.17, 15) is 33.6 Å². The summed E-state index contributed by atoms with van der Waals surface area (Å²) in [6, 6.07) is -3.03. The predicted molar refractivity (Wildman–Crippen MR) is 180 cm³/mol. The Morgan fingerprint density at radius 1 is 0.511 bits per heavy atom. The topological polar surface area (TPSA) is 204 Å². The molecule has 0 saturated heterocycles. The van der Waals surface area contributed by atoms with Crippen LogP contribution in [-0.4, -0.2) is 66.5 Å². The molecule has 0 unspecified atom stereocenters. The van der Waals surface area contributed by atoms with Crippen molar-refractivity contribution in [2.75, 3.05) is 7.05 Å². The summed E-state index contributed by atoms with van der Waals surface area (Å²) in [6.07, 6.45) is 5.79. The number of rotatable bonds is 18. The summed E-state index contributed by atoms with van der Waals surface area (Å²) in [5.74, 6) is -5.17. The summed E-state index contributed by atoms with van der Waals surface area (Å²) in [5.41, 5.74) is -0.241. The summed E-state index contributed by atoms with van der Waals surface area (Å²) >= 11 is 0. The maximum atomic E-state index is 13.5. The first-order valence-electron chi connectivity index (χ1n) is 16.1. The van der Waals surface area contributed by atoms with E-state index in [0.29, 0.717) is 19.3 Å². The van der Waals surface area contributed by atoms with Crippen LogP contribution in [0.25, 0.3) is 0 Å². The van der Waals surface area contributed by atoms with Gasteiger partial charge in [0, 0.05) is 14.0 Å². The number of likely N-dealkylation sites (N-methyl/N-ethyl adjacent to an activating group) is 1. The molecule has 0 bridgehead atoms. The van der Waals surface area contributed by atoms with Crippen LogP contribution in [0.4, 0.5) is 0 Å². The predicted octanol–water partition coefficient (Wildman–Crippen LogP) is 1.41. The smallest absolute Gasteiger partial charge is 0.268 e. The maximum Gasteiger partial charge on any atom is 0.268 e. The van der Waals surface area contributed by atoms with Gasteiger partial charge in [-0.3, -0.25) is 33.6 Å². The van der Waals surface area contributed by atoms with Crippen molar-refractivity contribution in [2.45, 2.75) is 107 Å². The first-order valence-corrected chi connectivity index (χ1v) is 16.1. The van der Waals surface area contributed by atoms with Crippen molar-refractivity contribution in [3.05, 3.63) is 35.3 Å². The van der Waals surface area contributed by atoms with Gasteiger partial charge in [-0.1, -0.05) is 79.0 Å². The van der Waals surface area contributed by atoms with E-state index < -0.39 is 59.5 Å². The zero-order chi connectivity index (χ0) is 36.4. The number of nitrogens with one attached hydrogen (secondary N) is 7. The molecule has 47 heavy (non-hydrogen) atoms. The third-order valence-electron chi connectivity index (χ3n) is 8.02. The molecule has 0 rings (SSSR count). The van der Waals surface area contributed by atoms with Crippen molar-refractivity contribution in [3.63, 3.8) is 0 Å². The third kappa shape index (κ3) is 13.4.